The van der Waals surface area contributed by atoms with Crippen LogP contribution in [0.5, 0.6) is 0 Å². The number of hydrogen-bond donors (Lipinski definition) is 1. The van der Waals surface area contributed by atoms with E-state index in [4.69, 9.17) is 12.6 Å². The molecule has 1 heterocycles. The molecule has 0 N–H and O–H groups in total. The van der Waals surface area contributed by atoms with Crippen LogP contribution in [-0.2, 0) is 0 Å². The monoisotopic (exact) mass is 430 g/mol. The van der Waals surface area contributed by atoms with Crippen molar-refractivity contribution in [3.05, 3.63) is 83.4 Å². The van der Waals surface area contributed by atoms with Crippen molar-refractivity contribution in [3.63, 3.8) is 0 Å². The fraction of sp³-hybridized carbons (Fsp3) is 0.357. The molecule has 0 bridgehead atoms. The van der Waals surface area contributed by atoms with Crippen LogP contribution in [0, 0.1) is 11.8 Å². The summed E-state index contributed by atoms with van der Waals surface area (Å²) in [5, 5.41) is 0. The van der Waals surface area contributed by atoms with Gasteiger partial charge in [0.2, 0.25) is 0 Å². The number of hydrogen-bond acceptors (Lipinski definition) is 3. The Kier molecular flexibility index (Phi) is 7.70. The van der Waals surface area contributed by atoms with Crippen molar-refractivity contribution >= 4 is 23.9 Å². The lowest BCUT2D eigenvalue weighted by molar-refractivity contribution is 0.290. The molecule has 0 spiro atoms. The van der Waals surface area contributed by atoms with Crippen molar-refractivity contribution in [2.45, 2.75) is 31.4 Å². The van der Waals surface area contributed by atoms with Crippen molar-refractivity contribution < 1.29 is 0 Å². The molecule has 3 rings (SSSR count). The highest BCUT2D eigenvalue weighted by Gasteiger charge is 2.22. The Labute approximate surface area is 194 Å². The van der Waals surface area contributed by atoms with Gasteiger partial charge < -0.3 is 4.90 Å². The standard InChI is InChI=1S/C28H34N2S/c1-22(2)28(3,31)18-21-30-19-16-26(17-20-30)25-12-8-23(9-13-25)6-7-24-10-14-27(15-11-24)29(4)5/h8-16,31H,1,17-21H2,2-5H3. The Morgan fingerprint density at radius 1 is 1.06 bits per heavy atom. The molecule has 0 saturated heterocycles. The average molecular weight is 431 g/mol. The van der Waals surface area contributed by atoms with Gasteiger partial charge in [-0.15, -0.1) is 0 Å². The van der Waals surface area contributed by atoms with E-state index in [1.807, 2.05) is 14.1 Å². The van der Waals surface area contributed by atoms with Crippen LogP contribution in [0.15, 0.2) is 66.8 Å². The van der Waals surface area contributed by atoms with Gasteiger partial charge in [-0.05, 0) is 74.2 Å². The SMILES string of the molecule is C=C(C)C(C)(S)CCN1CC=C(c2ccc(C#Cc3ccc(N(C)C)cc3)cc2)CC1. The summed E-state index contributed by atoms with van der Waals surface area (Å²) in [6.45, 7) is 11.4. The second-order valence-electron chi connectivity index (χ2n) is 8.85. The smallest absolute Gasteiger partial charge is 0.0361 e. The molecule has 1 aliphatic heterocycles. The summed E-state index contributed by atoms with van der Waals surface area (Å²) in [7, 11) is 4.09. The van der Waals surface area contributed by atoms with Crippen molar-refractivity contribution in [2.75, 3.05) is 38.6 Å². The first-order chi connectivity index (χ1) is 14.7. The first-order valence-corrected chi connectivity index (χ1v) is 11.4. The van der Waals surface area contributed by atoms with Crippen LogP contribution >= 0.6 is 12.6 Å². The topological polar surface area (TPSA) is 6.48 Å². The molecule has 0 radical (unpaired) electrons. The van der Waals surface area contributed by atoms with E-state index >= 15 is 0 Å². The lowest BCUT2D eigenvalue weighted by Crippen LogP contribution is -2.33. The predicted octanol–water partition coefficient (Wildman–Crippen LogP) is 5.90. The third kappa shape index (κ3) is 6.53. The highest BCUT2D eigenvalue weighted by Crippen LogP contribution is 2.28. The molecule has 3 heteroatoms. The van der Waals surface area contributed by atoms with E-state index in [1.54, 1.807) is 0 Å². The first-order valence-electron chi connectivity index (χ1n) is 10.9. The maximum Gasteiger partial charge on any atom is 0.0361 e. The Morgan fingerprint density at radius 2 is 1.65 bits per heavy atom. The van der Waals surface area contributed by atoms with Crippen LogP contribution in [0.2, 0.25) is 0 Å². The molecular formula is C28H34N2S. The number of benzene rings is 2. The minimum atomic E-state index is -0.0880. The summed E-state index contributed by atoms with van der Waals surface area (Å²) in [6, 6.07) is 17.0. The van der Waals surface area contributed by atoms with Crippen molar-refractivity contribution in [1.82, 2.24) is 4.90 Å². The lowest BCUT2D eigenvalue weighted by Gasteiger charge is -2.31. The normalized spacial score (nSPS) is 16.0. The van der Waals surface area contributed by atoms with E-state index in [0.717, 1.165) is 49.2 Å². The molecule has 1 atom stereocenters. The fourth-order valence-corrected chi connectivity index (χ4v) is 3.62. The maximum atomic E-state index is 4.76. The van der Waals surface area contributed by atoms with E-state index in [2.05, 4.69) is 96.7 Å². The average Bonchev–Trinajstić information content (AvgIpc) is 2.77. The molecule has 2 aromatic carbocycles. The van der Waals surface area contributed by atoms with E-state index < -0.39 is 0 Å². The van der Waals surface area contributed by atoms with Gasteiger partial charge in [-0.2, -0.15) is 12.6 Å². The summed E-state index contributed by atoms with van der Waals surface area (Å²) in [4.78, 5) is 4.59. The van der Waals surface area contributed by atoms with E-state index in [-0.39, 0.29) is 4.75 Å². The highest BCUT2D eigenvalue weighted by molar-refractivity contribution is 7.82. The van der Waals surface area contributed by atoms with Crippen LogP contribution in [0.4, 0.5) is 5.69 Å². The number of rotatable bonds is 6. The summed E-state index contributed by atoms with van der Waals surface area (Å²) in [5.41, 5.74) is 7.15. The van der Waals surface area contributed by atoms with Gasteiger partial charge in [-0.1, -0.05) is 42.2 Å². The van der Waals surface area contributed by atoms with Gasteiger partial charge in [-0.3, -0.25) is 4.90 Å². The zero-order valence-electron chi connectivity index (χ0n) is 19.3. The van der Waals surface area contributed by atoms with E-state index in [9.17, 15) is 0 Å². The molecule has 1 unspecified atom stereocenters. The van der Waals surface area contributed by atoms with Crippen LogP contribution in [0.1, 0.15) is 43.4 Å². The minimum absolute atomic E-state index is 0.0880. The molecule has 162 valence electrons. The Morgan fingerprint density at radius 3 is 2.13 bits per heavy atom. The quantitative estimate of drug-likeness (QED) is 0.346. The number of thiol groups is 1. The second kappa shape index (κ2) is 10.3. The lowest BCUT2D eigenvalue weighted by atomic mass is 9.96. The van der Waals surface area contributed by atoms with Crippen LogP contribution < -0.4 is 4.90 Å². The second-order valence-corrected chi connectivity index (χ2v) is 9.84. The summed E-state index contributed by atoms with van der Waals surface area (Å²) in [5.74, 6) is 6.54. The van der Waals surface area contributed by atoms with Gasteiger partial charge >= 0.3 is 0 Å². The molecule has 0 aliphatic carbocycles. The molecule has 0 amide bonds. The third-order valence-corrected chi connectivity index (χ3v) is 6.72. The number of anilines is 1. The Balaban J connectivity index is 1.57. The molecular weight excluding hydrogens is 396 g/mol. The molecule has 31 heavy (non-hydrogen) atoms. The molecule has 0 aromatic heterocycles. The van der Waals surface area contributed by atoms with Gasteiger partial charge in [0, 0.05) is 55.3 Å². The van der Waals surface area contributed by atoms with E-state index in [1.165, 1.54) is 16.8 Å². The van der Waals surface area contributed by atoms with Gasteiger partial charge in [-0.25, -0.2) is 0 Å². The highest BCUT2D eigenvalue weighted by atomic mass is 32.1. The van der Waals surface area contributed by atoms with Crippen molar-refractivity contribution in [3.8, 4) is 11.8 Å². The largest absolute Gasteiger partial charge is 0.378 e. The van der Waals surface area contributed by atoms with Crippen molar-refractivity contribution in [1.29, 1.82) is 0 Å². The van der Waals surface area contributed by atoms with Gasteiger partial charge in [0.05, 0.1) is 0 Å². The van der Waals surface area contributed by atoms with Gasteiger partial charge in [0.25, 0.3) is 0 Å². The summed E-state index contributed by atoms with van der Waals surface area (Å²) in [6.07, 6.45) is 4.48. The van der Waals surface area contributed by atoms with Crippen LogP contribution in [0.25, 0.3) is 5.57 Å². The van der Waals surface area contributed by atoms with Crippen molar-refractivity contribution in [2.24, 2.45) is 0 Å². The van der Waals surface area contributed by atoms with Gasteiger partial charge in [0.1, 0.15) is 0 Å². The summed E-state index contributed by atoms with van der Waals surface area (Å²) >= 11 is 4.76. The van der Waals surface area contributed by atoms with Gasteiger partial charge in [0.15, 0.2) is 0 Å². The first kappa shape index (κ1) is 23.3. The van der Waals surface area contributed by atoms with E-state index in [0.29, 0.717) is 0 Å². The molecule has 2 aromatic rings. The maximum absolute atomic E-state index is 4.76. The third-order valence-electron chi connectivity index (χ3n) is 6.12. The molecule has 2 nitrogen and oxygen atoms in total. The predicted molar refractivity (Wildman–Crippen MR) is 139 cm³/mol. The number of nitrogens with zero attached hydrogens (tertiary/aromatic N) is 2. The zero-order valence-corrected chi connectivity index (χ0v) is 20.2. The Bertz CT molecular complexity index is 986. The molecule has 0 saturated carbocycles. The molecule has 0 fully saturated rings. The summed E-state index contributed by atoms with van der Waals surface area (Å²) < 4.78 is -0.0880. The van der Waals surface area contributed by atoms with Crippen LogP contribution in [-0.4, -0.2) is 43.4 Å². The van der Waals surface area contributed by atoms with Crippen LogP contribution in [0.3, 0.4) is 0 Å². The Hall–Kier alpha value is -2.41. The fourth-order valence-electron chi connectivity index (χ4n) is 3.52. The minimum Gasteiger partial charge on any atom is -0.378 e. The zero-order chi connectivity index (χ0) is 22.4. The molecule has 1 aliphatic rings.